The molecule has 0 aliphatic carbocycles. The highest BCUT2D eigenvalue weighted by Crippen LogP contribution is 2.20. The van der Waals surface area contributed by atoms with E-state index >= 15 is 0 Å². The zero-order chi connectivity index (χ0) is 11.3. The fourth-order valence-electron chi connectivity index (χ4n) is 1.11. The van der Waals surface area contributed by atoms with Gasteiger partial charge < -0.3 is 10.4 Å². The molecule has 0 saturated heterocycles. The molecule has 1 heterocycles. The third-order valence-electron chi connectivity index (χ3n) is 1.90. The van der Waals surface area contributed by atoms with Gasteiger partial charge in [-0.2, -0.15) is 0 Å². The number of aliphatic hydroxyl groups excluding tert-OH is 1. The zero-order valence-corrected chi connectivity index (χ0v) is 10.9. The number of halogens is 1. The van der Waals surface area contributed by atoms with E-state index in [9.17, 15) is 4.79 Å². The van der Waals surface area contributed by atoms with E-state index in [4.69, 9.17) is 5.11 Å². The Morgan fingerprint density at radius 3 is 3.00 bits per heavy atom. The molecule has 1 aromatic heterocycles. The maximum absolute atomic E-state index is 11.4. The number of carbonyl (C=O) groups excluding carboxylic acids is 1. The van der Waals surface area contributed by atoms with Crippen molar-refractivity contribution >= 4 is 33.2 Å². The zero-order valence-electron chi connectivity index (χ0n) is 8.50. The van der Waals surface area contributed by atoms with Crippen molar-refractivity contribution in [1.82, 2.24) is 5.32 Å². The molecule has 1 rings (SSSR count). The van der Waals surface area contributed by atoms with Gasteiger partial charge in [-0.05, 0) is 35.3 Å². The molecule has 84 valence electrons. The Bertz CT molecular complexity index is 327. The Kier molecular flexibility index (Phi) is 5.28. The SMILES string of the molecule is CC(CO)NC(=O)CCc1cc(Br)cs1. The Morgan fingerprint density at radius 1 is 1.73 bits per heavy atom. The highest BCUT2D eigenvalue weighted by atomic mass is 79.9. The lowest BCUT2D eigenvalue weighted by atomic mass is 10.2. The first-order chi connectivity index (χ1) is 7.11. The monoisotopic (exact) mass is 291 g/mol. The van der Waals surface area contributed by atoms with Crippen molar-refractivity contribution in [3.63, 3.8) is 0 Å². The number of thiophene rings is 1. The summed E-state index contributed by atoms with van der Waals surface area (Å²) in [5, 5.41) is 13.5. The Hall–Kier alpha value is -0.390. The predicted octanol–water partition coefficient (Wildman–Crippen LogP) is 1.94. The number of hydrogen-bond donors (Lipinski definition) is 2. The van der Waals surface area contributed by atoms with E-state index in [0.717, 1.165) is 10.9 Å². The van der Waals surface area contributed by atoms with Crippen LogP contribution in [0.5, 0.6) is 0 Å². The number of amides is 1. The van der Waals surface area contributed by atoms with Crippen LogP contribution in [0.25, 0.3) is 0 Å². The standard InChI is InChI=1S/C10H14BrNO2S/c1-7(5-13)12-10(14)3-2-9-4-8(11)6-15-9/h4,6-7,13H,2-3,5H2,1H3,(H,12,14). The van der Waals surface area contributed by atoms with E-state index in [1.807, 2.05) is 11.4 Å². The highest BCUT2D eigenvalue weighted by molar-refractivity contribution is 9.10. The van der Waals surface area contributed by atoms with Gasteiger partial charge >= 0.3 is 0 Å². The summed E-state index contributed by atoms with van der Waals surface area (Å²) in [6.45, 7) is 1.76. The van der Waals surface area contributed by atoms with Gasteiger partial charge in [0.25, 0.3) is 0 Å². The molecule has 1 atom stereocenters. The lowest BCUT2D eigenvalue weighted by molar-refractivity contribution is -0.121. The van der Waals surface area contributed by atoms with Gasteiger partial charge in [0.1, 0.15) is 0 Å². The van der Waals surface area contributed by atoms with Crippen LogP contribution >= 0.6 is 27.3 Å². The summed E-state index contributed by atoms with van der Waals surface area (Å²) < 4.78 is 1.06. The van der Waals surface area contributed by atoms with Crippen molar-refractivity contribution in [2.24, 2.45) is 0 Å². The molecule has 3 nitrogen and oxygen atoms in total. The first-order valence-electron chi connectivity index (χ1n) is 4.75. The van der Waals surface area contributed by atoms with Gasteiger partial charge in [-0.3, -0.25) is 4.79 Å². The number of aryl methyl sites for hydroxylation is 1. The molecule has 0 radical (unpaired) electrons. The van der Waals surface area contributed by atoms with Crippen LogP contribution in [-0.2, 0) is 11.2 Å². The van der Waals surface area contributed by atoms with E-state index in [1.165, 1.54) is 4.88 Å². The van der Waals surface area contributed by atoms with E-state index in [2.05, 4.69) is 21.2 Å². The third-order valence-corrected chi connectivity index (χ3v) is 3.66. The second-order valence-electron chi connectivity index (χ2n) is 3.38. The van der Waals surface area contributed by atoms with Crippen molar-refractivity contribution < 1.29 is 9.90 Å². The average Bonchev–Trinajstić information content (AvgIpc) is 2.61. The molecule has 5 heteroatoms. The lowest BCUT2D eigenvalue weighted by Gasteiger charge is -2.09. The molecule has 0 bridgehead atoms. The normalized spacial score (nSPS) is 12.5. The fraction of sp³-hybridized carbons (Fsp3) is 0.500. The van der Waals surface area contributed by atoms with Crippen molar-refractivity contribution in [3.8, 4) is 0 Å². The maximum Gasteiger partial charge on any atom is 0.220 e. The van der Waals surface area contributed by atoms with Gasteiger partial charge in [0, 0.05) is 27.2 Å². The van der Waals surface area contributed by atoms with Crippen LogP contribution in [0.1, 0.15) is 18.2 Å². The maximum atomic E-state index is 11.4. The summed E-state index contributed by atoms with van der Waals surface area (Å²) in [5.74, 6) is -0.0129. The van der Waals surface area contributed by atoms with Crippen LogP contribution < -0.4 is 5.32 Å². The number of aliphatic hydroxyl groups is 1. The van der Waals surface area contributed by atoms with Crippen LogP contribution in [0.4, 0.5) is 0 Å². The molecule has 15 heavy (non-hydrogen) atoms. The first kappa shape index (κ1) is 12.7. The quantitative estimate of drug-likeness (QED) is 0.871. The molecule has 2 N–H and O–H groups in total. The van der Waals surface area contributed by atoms with Gasteiger partial charge in [0.2, 0.25) is 5.91 Å². The topological polar surface area (TPSA) is 49.3 Å². The van der Waals surface area contributed by atoms with Crippen LogP contribution in [0, 0.1) is 0 Å². The van der Waals surface area contributed by atoms with Gasteiger partial charge in [0.15, 0.2) is 0 Å². The van der Waals surface area contributed by atoms with Crippen molar-refractivity contribution in [2.45, 2.75) is 25.8 Å². The molecule has 0 aliphatic rings. The molecule has 0 spiro atoms. The Morgan fingerprint density at radius 2 is 2.47 bits per heavy atom. The lowest BCUT2D eigenvalue weighted by Crippen LogP contribution is -2.35. The second kappa shape index (κ2) is 6.25. The van der Waals surface area contributed by atoms with Crippen molar-refractivity contribution in [2.75, 3.05) is 6.61 Å². The van der Waals surface area contributed by atoms with Crippen molar-refractivity contribution in [3.05, 3.63) is 20.8 Å². The molecular weight excluding hydrogens is 278 g/mol. The van der Waals surface area contributed by atoms with Gasteiger partial charge in [-0.25, -0.2) is 0 Å². The van der Waals surface area contributed by atoms with E-state index in [1.54, 1.807) is 18.3 Å². The average molecular weight is 292 g/mol. The molecule has 0 fully saturated rings. The molecule has 1 aromatic rings. The Balaban J connectivity index is 2.28. The van der Waals surface area contributed by atoms with Crippen LogP contribution in [0.2, 0.25) is 0 Å². The number of hydrogen-bond acceptors (Lipinski definition) is 3. The summed E-state index contributed by atoms with van der Waals surface area (Å²) in [6, 6.07) is 1.86. The predicted molar refractivity (Wildman–Crippen MR) is 65.0 cm³/mol. The minimum absolute atomic E-state index is 0.0129. The summed E-state index contributed by atoms with van der Waals surface area (Å²) in [4.78, 5) is 12.6. The molecule has 0 aliphatic heterocycles. The fourth-order valence-corrected chi connectivity index (χ4v) is 2.57. The smallest absolute Gasteiger partial charge is 0.220 e. The minimum atomic E-state index is -0.160. The van der Waals surface area contributed by atoms with Gasteiger partial charge in [0.05, 0.1) is 6.61 Å². The van der Waals surface area contributed by atoms with E-state index in [0.29, 0.717) is 6.42 Å². The molecule has 1 amide bonds. The van der Waals surface area contributed by atoms with Crippen LogP contribution in [-0.4, -0.2) is 23.7 Å². The summed E-state index contributed by atoms with van der Waals surface area (Å²) in [7, 11) is 0. The first-order valence-corrected chi connectivity index (χ1v) is 6.42. The Labute approximate surface area is 102 Å². The summed E-state index contributed by atoms with van der Waals surface area (Å²) in [5.41, 5.74) is 0. The summed E-state index contributed by atoms with van der Waals surface area (Å²) in [6.07, 6.45) is 1.22. The van der Waals surface area contributed by atoms with Crippen LogP contribution in [0.3, 0.4) is 0 Å². The third kappa shape index (κ3) is 4.77. The number of rotatable bonds is 5. The summed E-state index contributed by atoms with van der Waals surface area (Å²) >= 11 is 5.01. The number of nitrogens with one attached hydrogen (secondary N) is 1. The molecule has 0 aromatic carbocycles. The second-order valence-corrected chi connectivity index (χ2v) is 5.29. The molecular formula is C10H14BrNO2S. The minimum Gasteiger partial charge on any atom is -0.394 e. The van der Waals surface area contributed by atoms with Gasteiger partial charge in [-0.1, -0.05) is 0 Å². The van der Waals surface area contributed by atoms with Crippen LogP contribution in [0.15, 0.2) is 15.9 Å². The van der Waals surface area contributed by atoms with Gasteiger partial charge in [-0.15, -0.1) is 11.3 Å². The molecule has 0 saturated carbocycles. The van der Waals surface area contributed by atoms with Crippen molar-refractivity contribution in [1.29, 1.82) is 0 Å². The highest BCUT2D eigenvalue weighted by Gasteiger charge is 2.07. The van der Waals surface area contributed by atoms with E-state index < -0.39 is 0 Å². The molecule has 1 unspecified atom stereocenters. The largest absolute Gasteiger partial charge is 0.394 e. The van der Waals surface area contributed by atoms with E-state index in [-0.39, 0.29) is 18.6 Å². The number of carbonyl (C=O) groups is 1.